The fourth-order valence-electron chi connectivity index (χ4n) is 2.32. The van der Waals surface area contributed by atoms with E-state index in [-0.39, 0.29) is 12.5 Å². The maximum atomic E-state index is 12.1. The van der Waals surface area contributed by atoms with Crippen LogP contribution in [0, 0.1) is 0 Å². The zero-order valence-corrected chi connectivity index (χ0v) is 17.3. The molecule has 1 amide bonds. The molecule has 0 spiro atoms. The van der Waals surface area contributed by atoms with Crippen LogP contribution in [0.4, 0.5) is 5.69 Å². The quantitative estimate of drug-likeness (QED) is 0.431. The second-order valence-electron chi connectivity index (χ2n) is 5.24. The zero-order chi connectivity index (χ0) is 18.0. The average molecular weight is 504 g/mol. The number of nitrogens with one attached hydrogen (secondary N) is 1. The lowest BCUT2D eigenvalue weighted by Gasteiger charge is -2.11. The predicted molar refractivity (Wildman–Crippen MR) is 110 cm³/mol. The third-order valence-electron chi connectivity index (χ3n) is 3.39. The van der Waals surface area contributed by atoms with Crippen molar-refractivity contribution < 1.29 is 9.53 Å². The molecule has 3 nitrogen and oxygen atoms in total. The summed E-state index contributed by atoms with van der Waals surface area (Å²) in [5.74, 6) is 0.287. The van der Waals surface area contributed by atoms with E-state index in [9.17, 15) is 4.79 Å². The van der Waals surface area contributed by atoms with Crippen molar-refractivity contribution in [1.29, 1.82) is 0 Å². The lowest BCUT2D eigenvalue weighted by Crippen LogP contribution is -2.20. The van der Waals surface area contributed by atoms with Gasteiger partial charge in [-0.2, -0.15) is 0 Å². The first-order chi connectivity index (χ1) is 11.9. The zero-order valence-electron chi connectivity index (χ0n) is 12.7. The van der Waals surface area contributed by atoms with E-state index in [0.29, 0.717) is 21.5 Å². The molecule has 1 N–H and O–H groups in total. The molecule has 0 saturated carbocycles. The highest BCUT2D eigenvalue weighted by Crippen LogP contribution is 2.34. The van der Waals surface area contributed by atoms with Crippen LogP contribution in [0.25, 0.3) is 10.8 Å². The molecule has 0 atom stereocenters. The molecule has 0 bridgehead atoms. The minimum absolute atomic E-state index is 0.134. The molecule has 25 heavy (non-hydrogen) atoms. The van der Waals surface area contributed by atoms with Crippen molar-refractivity contribution in [2.24, 2.45) is 0 Å². The largest absolute Gasteiger partial charge is 0.483 e. The van der Waals surface area contributed by atoms with Gasteiger partial charge in [0.15, 0.2) is 6.61 Å². The summed E-state index contributed by atoms with van der Waals surface area (Å²) in [6.45, 7) is -0.134. The van der Waals surface area contributed by atoms with Gasteiger partial charge in [-0.1, -0.05) is 51.3 Å². The number of carbonyl (C=O) groups excluding carboxylic acids is 1. The lowest BCUT2D eigenvalue weighted by molar-refractivity contribution is -0.118. The van der Waals surface area contributed by atoms with Crippen LogP contribution in [-0.2, 0) is 4.79 Å². The van der Waals surface area contributed by atoms with Gasteiger partial charge in [0.1, 0.15) is 5.75 Å². The van der Waals surface area contributed by atoms with Crippen LogP contribution in [0.15, 0.2) is 57.5 Å². The molecular formula is C18H11Br2Cl2NO2. The smallest absolute Gasteiger partial charge is 0.262 e. The van der Waals surface area contributed by atoms with Gasteiger partial charge in [-0.25, -0.2) is 0 Å². The number of hydrogen-bond donors (Lipinski definition) is 1. The summed E-state index contributed by atoms with van der Waals surface area (Å²) in [6, 6.07) is 14.5. The summed E-state index contributed by atoms with van der Waals surface area (Å²) in [4.78, 5) is 12.1. The van der Waals surface area contributed by atoms with Crippen molar-refractivity contribution in [2.45, 2.75) is 0 Å². The van der Waals surface area contributed by atoms with Crippen LogP contribution in [-0.4, -0.2) is 12.5 Å². The molecule has 0 heterocycles. The number of rotatable bonds is 4. The van der Waals surface area contributed by atoms with Crippen molar-refractivity contribution in [1.82, 2.24) is 0 Å². The Bertz CT molecular complexity index is 943. The molecule has 0 aromatic heterocycles. The molecule has 3 rings (SSSR count). The molecule has 3 aromatic carbocycles. The first-order valence-corrected chi connectivity index (χ1v) is 9.53. The Labute approximate surface area is 171 Å². The van der Waals surface area contributed by atoms with Crippen LogP contribution >= 0.6 is 55.1 Å². The SMILES string of the molecule is O=C(COc1ccc2cc(Br)ccc2c1Br)Nc1cc(Cl)cc(Cl)c1. The van der Waals surface area contributed by atoms with E-state index in [2.05, 4.69) is 37.2 Å². The topological polar surface area (TPSA) is 38.3 Å². The van der Waals surface area contributed by atoms with Gasteiger partial charge in [0, 0.05) is 20.2 Å². The van der Waals surface area contributed by atoms with E-state index in [4.69, 9.17) is 27.9 Å². The number of fused-ring (bicyclic) bond motifs is 1. The normalized spacial score (nSPS) is 10.7. The van der Waals surface area contributed by atoms with Gasteiger partial charge in [-0.3, -0.25) is 4.79 Å². The van der Waals surface area contributed by atoms with E-state index >= 15 is 0 Å². The van der Waals surface area contributed by atoms with Crippen molar-refractivity contribution in [3.8, 4) is 5.75 Å². The molecule has 0 aliphatic carbocycles. The number of benzene rings is 3. The Morgan fingerprint density at radius 3 is 2.44 bits per heavy atom. The second kappa shape index (κ2) is 7.96. The minimum atomic E-state index is -0.305. The van der Waals surface area contributed by atoms with Crippen molar-refractivity contribution in [3.05, 3.63) is 67.5 Å². The maximum absolute atomic E-state index is 12.1. The van der Waals surface area contributed by atoms with Gasteiger partial charge < -0.3 is 10.1 Å². The van der Waals surface area contributed by atoms with Gasteiger partial charge in [0.25, 0.3) is 5.91 Å². The highest BCUT2D eigenvalue weighted by molar-refractivity contribution is 9.11. The second-order valence-corrected chi connectivity index (χ2v) is 7.82. The third-order valence-corrected chi connectivity index (χ3v) is 5.13. The molecule has 0 fully saturated rings. The van der Waals surface area contributed by atoms with E-state index in [0.717, 1.165) is 19.7 Å². The molecule has 7 heteroatoms. The number of halogens is 4. The summed E-state index contributed by atoms with van der Waals surface area (Å²) in [5.41, 5.74) is 0.522. The molecular weight excluding hydrogens is 493 g/mol. The summed E-state index contributed by atoms with van der Waals surface area (Å²) in [5, 5.41) is 5.67. The van der Waals surface area contributed by atoms with Gasteiger partial charge in [0.05, 0.1) is 4.47 Å². The Morgan fingerprint density at radius 2 is 1.72 bits per heavy atom. The number of hydrogen-bond acceptors (Lipinski definition) is 2. The van der Waals surface area contributed by atoms with Crippen LogP contribution in [0.5, 0.6) is 5.75 Å². The average Bonchev–Trinajstić information content (AvgIpc) is 2.53. The van der Waals surface area contributed by atoms with E-state index < -0.39 is 0 Å². The third kappa shape index (κ3) is 4.67. The van der Waals surface area contributed by atoms with E-state index in [1.807, 2.05) is 30.3 Å². The summed E-state index contributed by atoms with van der Waals surface area (Å²) in [7, 11) is 0. The Morgan fingerprint density at radius 1 is 1.00 bits per heavy atom. The van der Waals surface area contributed by atoms with Gasteiger partial charge in [-0.05, 0) is 63.1 Å². The van der Waals surface area contributed by atoms with Crippen molar-refractivity contribution in [2.75, 3.05) is 11.9 Å². The van der Waals surface area contributed by atoms with Crippen LogP contribution in [0.2, 0.25) is 10.0 Å². The molecule has 0 aliphatic heterocycles. The summed E-state index contributed by atoms with van der Waals surface area (Å²) in [6.07, 6.45) is 0. The molecule has 0 saturated heterocycles. The lowest BCUT2D eigenvalue weighted by atomic mass is 10.1. The molecule has 0 radical (unpaired) electrons. The van der Waals surface area contributed by atoms with Gasteiger partial charge in [0.2, 0.25) is 0 Å². The summed E-state index contributed by atoms with van der Waals surface area (Å²) < 4.78 is 7.44. The summed E-state index contributed by atoms with van der Waals surface area (Å²) >= 11 is 18.8. The Hall–Kier alpha value is -1.27. The van der Waals surface area contributed by atoms with Crippen LogP contribution in [0.1, 0.15) is 0 Å². The van der Waals surface area contributed by atoms with E-state index in [1.165, 1.54) is 0 Å². The Kier molecular flexibility index (Phi) is 5.89. The number of carbonyl (C=O) groups is 1. The fourth-order valence-corrected chi connectivity index (χ4v) is 3.83. The van der Waals surface area contributed by atoms with Gasteiger partial charge >= 0.3 is 0 Å². The van der Waals surface area contributed by atoms with Crippen molar-refractivity contribution in [3.63, 3.8) is 0 Å². The monoisotopic (exact) mass is 501 g/mol. The standard InChI is InChI=1S/C18H11Br2Cl2NO2/c19-11-2-3-15-10(5-11)1-4-16(18(15)20)25-9-17(24)23-14-7-12(21)6-13(22)8-14/h1-8H,9H2,(H,23,24). The van der Waals surface area contributed by atoms with Gasteiger partial charge in [-0.15, -0.1) is 0 Å². The number of amides is 1. The first-order valence-electron chi connectivity index (χ1n) is 7.19. The maximum Gasteiger partial charge on any atom is 0.262 e. The van der Waals surface area contributed by atoms with Crippen LogP contribution < -0.4 is 10.1 Å². The molecule has 128 valence electrons. The minimum Gasteiger partial charge on any atom is -0.483 e. The van der Waals surface area contributed by atoms with Crippen LogP contribution in [0.3, 0.4) is 0 Å². The first kappa shape index (κ1) is 18.5. The Balaban J connectivity index is 1.70. The molecule has 3 aromatic rings. The molecule has 0 aliphatic rings. The number of ether oxygens (including phenoxy) is 1. The number of anilines is 1. The predicted octanol–water partition coefficient (Wildman–Crippen LogP) is 6.69. The van der Waals surface area contributed by atoms with Crippen molar-refractivity contribution >= 4 is 77.4 Å². The molecule has 0 unspecified atom stereocenters. The highest BCUT2D eigenvalue weighted by atomic mass is 79.9. The van der Waals surface area contributed by atoms with E-state index in [1.54, 1.807) is 18.2 Å². The fraction of sp³-hybridized carbons (Fsp3) is 0.0556. The highest BCUT2D eigenvalue weighted by Gasteiger charge is 2.10.